The molecule has 0 aromatic heterocycles. The number of rotatable bonds is 2. The van der Waals surface area contributed by atoms with Gasteiger partial charge >= 0.3 is 0 Å². The molecule has 0 unspecified atom stereocenters. The second-order valence-corrected chi connectivity index (χ2v) is 7.25. The first-order chi connectivity index (χ1) is 8.89. The molecular weight excluding hydrogens is 326 g/mol. The fourth-order valence-electron chi connectivity index (χ4n) is 2.49. The number of carbonyl (C=O) groups is 1. The summed E-state index contributed by atoms with van der Waals surface area (Å²) in [6, 6.07) is 5.70. The molecule has 1 aliphatic rings. The summed E-state index contributed by atoms with van der Waals surface area (Å²) in [5.41, 5.74) is 0.954. The smallest absolute Gasteiger partial charge is 0.253 e. The number of benzene rings is 1. The largest absolute Gasteiger partial charge is 0.349 e. The minimum atomic E-state index is -0.0731. The van der Waals surface area contributed by atoms with Gasteiger partial charge in [-0.1, -0.05) is 31.5 Å². The molecule has 0 radical (unpaired) electrons. The van der Waals surface area contributed by atoms with Gasteiger partial charge < -0.3 is 5.32 Å². The molecule has 1 amide bonds. The molecule has 1 aromatic rings. The highest BCUT2D eigenvalue weighted by molar-refractivity contribution is 9.10. The van der Waals surface area contributed by atoms with Crippen molar-refractivity contribution in [3.63, 3.8) is 0 Å². The lowest BCUT2D eigenvalue weighted by Crippen LogP contribution is -2.39. The van der Waals surface area contributed by atoms with E-state index in [1.165, 1.54) is 0 Å². The van der Waals surface area contributed by atoms with E-state index in [9.17, 15) is 4.79 Å². The van der Waals surface area contributed by atoms with Gasteiger partial charge in [0.05, 0.1) is 10.6 Å². The Balaban J connectivity index is 2.00. The van der Waals surface area contributed by atoms with Crippen LogP contribution in [0.5, 0.6) is 0 Å². The average Bonchev–Trinajstić information content (AvgIpc) is 2.35. The third kappa shape index (κ3) is 3.73. The zero-order valence-corrected chi connectivity index (χ0v) is 13.6. The van der Waals surface area contributed by atoms with Gasteiger partial charge in [-0.2, -0.15) is 0 Å². The van der Waals surface area contributed by atoms with E-state index in [0.29, 0.717) is 16.0 Å². The molecule has 2 rings (SSSR count). The van der Waals surface area contributed by atoms with Gasteiger partial charge in [-0.15, -0.1) is 0 Å². The van der Waals surface area contributed by atoms with Crippen LogP contribution in [0.4, 0.5) is 0 Å². The molecule has 1 N–H and O–H groups in total. The Morgan fingerprint density at radius 1 is 1.37 bits per heavy atom. The van der Waals surface area contributed by atoms with Crippen LogP contribution in [0.3, 0.4) is 0 Å². The van der Waals surface area contributed by atoms with Crippen LogP contribution in [0.1, 0.15) is 49.9 Å². The summed E-state index contributed by atoms with van der Waals surface area (Å²) >= 11 is 9.49. The van der Waals surface area contributed by atoms with Crippen molar-refractivity contribution >= 4 is 33.4 Å². The van der Waals surface area contributed by atoms with E-state index in [2.05, 4.69) is 35.1 Å². The zero-order chi connectivity index (χ0) is 14.0. The zero-order valence-electron chi connectivity index (χ0n) is 11.3. The minimum absolute atomic E-state index is 0.0731. The van der Waals surface area contributed by atoms with E-state index in [-0.39, 0.29) is 11.9 Å². The maximum absolute atomic E-state index is 12.2. The van der Waals surface area contributed by atoms with Crippen LogP contribution >= 0.6 is 27.5 Å². The van der Waals surface area contributed by atoms with E-state index < -0.39 is 0 Å². The second kappa shape index (κ2) is 5.84. The van der Waals surface area contributed by atoms with Crippen molar-refractivity contribution in [2.45, 2.75) is 45.6 Å². The molecule has 0 atom stereocenters. The van der Waals surface area contributed by atoms with Gasteiger partial charge in [0.25, 0.3) is 5.91 Å². The Morgan fingerprint density at radius 3 is 2.63 bits per heavy atom. The molecule has 4 heteroatoms. The van der Waals surface area contributed by atoms with Gasteiger partial charge in [0.15, 0.2) is 0 Å². The summed E-state index contributed by atoms with van der Waals surface area (Å²) in [6.45, 7) is 4.58. The highest BCUT2D eigenvalue weighted by Gasteiger charge is 2.28. The van der Waals surface area contributed by atoms with Gasteiger partial charge in [-0.05, 0) is 59.2 Å². The van der Waals surface area contributed by atoms with E-state index in [1.54, 1.807) is 6.07 Å². The van der Waals surface area contributed by atoms with Crippen LogP contribution in [-0.2, 0) is 0 Å². The quantitative estimate of drug-likeness (QED) is 0.820. The van der Waals surface area contributed by atoms with Crippen molar-refractivity contribution < 1.29 is 4.79 Å². The van der Waals surface area contributed by atoms with Crippen molar-refractivity contribution in [1.82, 2.24) is 5.32 Å². The Labute approximate surface area is 128 Å². The lowest BCUT2D eigenvalue weighted by Gasteiger charge is -2.34. The van der Waals surface area contributed by atoms with Crippen molar-refractivity contribution in [1.29, 1.82) is 0 Å². The summed E-state index contributed by atoms with van der Waals surface area (Å²) < 4.78 is 0.756. The number of carbonyl (C=O) groups excluding carboxylic acids is 1. The van der Waals surface area contributed by atoms with Gasteiger partial charge in [-0.25, -0.2) is 0 Å². The maximum Gasteiger partial charge on any atom is 0.253 e. The first kappa shape index (κ1) is 14.9. The first-order valence-electron chi connectivity index (χ1n) is 6.64. The van der Waals surface area contributed by atoms with Crippen LogP contribution in [0.25, 0.3) is 0 Å². The lowest BCUT2D eigenvalue weighted by atomic mass is 9.75. The minimum Gasteiger partial charge on any atom is -0.349 e. The molecular formula is C15H19BrClNO. The molecule has 2 nitrogen and oxygen atoms in total. The number of nitrogens with one attached hydrogen (secondary N) is 1. The van der Waals surface area contributed by atoms with Crippen molar-refractivity contribution in [2.75, 3.05) is 0 Å². The van der Waals surface area contributed by atoms with Crippen LogP contribution in [0.15, 0.2) is 22.7 Å². The molecule has 0 spiro atoms. The molecule has 1 aromatic carbocycles. The van der Waals surface area contributed by atoms with Crippen LogP contribution < -0.4 is 5.32 Å². The summed E-state index contributed by atoms with van der Waals surface area (Å²) in [5.74, 6) is -0.0731. The van der Waals surface area contributed by atoms with Crippen LogP contribution in [0.2, 0.25) is 5.02 Å². The number of hydrogen-bond acceptors (Lipinski definition) is 1. The Hall–Kier alpha value is -0.540. The average molecular weight is 345 g/mol. The third-order valence-corrected chi connectivity index (χ3v) is 5.17. The molecule has 104 valence electrons. The first-order valence-corrected chi connectivity index (χ1v) is 7.81. The van der Waals surface area contributed by atoms with E-state index >= 15 is 0 Å². The van der Waals surface area contributed by atoms with Crippen molar-refractivity contribution in [3.8, 4) is 0 Å². The Morgan fingerprint density at radius 2 is 2.00 bits per heavy atom. The molecule has 1 saturated carbocycles. The fraction of sp³-hybridized carbons (Fsp3) is 0.533. The summed E-state index contributed by atoms with van der Waals surface area (Å²) in [5, 5.41) is 3.58. The predicted molar refractivity (Wildman–Crippen MR) is 82.7 cm³/mol. The van der Waals surface area contributed by atoms with Gasteiger partial charge in [0.2, 0.25) is 0 Å². The molecule has 0 saturated heterocycles. The normalized spacial score (nSPS) is 19.2. The Kier molecular flexibility index (Phi) is 4.57. The molecule has 0 bridgehead atoms. The number of hydrogen-bond donors (Lipinski definition) is 1. The van der Waals surface area contributed by atoms with Crippen LogP contribution in [0, 0.1) is 5.41 Å². The van der Waals surface area contributed by atoms with Gasteiger partial charge in [0.1, 0.15) is 0 Å². The van der Waals surface area contributed by atoms with E-state index in [1.807, 2.05) is 12.1 Å². The van der Waals surface area contributed by atoms with Crippen LogP contribution in [-0.4, -0.2) is 11.9 Å². The van der Waals surface area contributed by atoms with Gasteiger partial charge in [-0.3, -0.25) is 4.79 Å². The monoisotopic (exact) mass is 343 g/mol. The third-order valence-electron chi connectivity index (χ3n) is 3.87. The highest BCUT2D eigenvalue weighted by Crippen LogP contribution is 2.35. The van der Waals surface area contributed by atoms with Crippen molar-refractivity contribution in [3.05, 3.63) is 33.3 Å². The molecule has 1 fully saturated rings. The number of amides is 1. The molecule has 19 heavy (non-hydrogen) atoms. The maximum atomic E-state index is 12.2. The molecule has 0 aliphatic heterocycles. The lowest BCUT2D eigenvalue weighted by molar-refractivity contribution is 0.0909. The standard InChI is InChI=1S/C15H19BrClNO/c1-15(2)8-6-10(7-9-15)18-14(19)11-4-3-5-12(16)13(11)17/h3-5,10H,6-9H2,1-2H3,(H,18,19). The molecule has 1 aliphatic carbocycles. The second-order valence-electron chi connectivity index (χ2n) is 6.01. The summed E-state index contributed by atoms with van der Waals surface area (Å²) in [4.78, 5) is 12.2. The Bertz CT molecular complexity index is 477. The highest BCUT2D eigenvalue weighted by atomic mass is 79.9. The predicted octanol–water partition coefficient (Wildman–Crippen LogP) is 4.80. The topological polar surface area (TPSA) is 29.1 Å². The summed E-state index contributed by atoms with van der Waals surface area (Å²) in [6.07, 6.45) is 4.41. The van der Waals surface area contributed by atoms with Crippen molar-refractivity contribution in [2.24, 2.45) is 5.41 Å². The van der Waals surface area contributed by atoms with E-state index in [4.69, 9.17) is 11.6 Å². The van der Waals surface area contributed by atoms with Gasteiger partial charge in [0, 0.05) is 10.5 Å². The summed E-state index contributed by atoms with van der Waals surface area (Å²) in [7, 11) is 0. The molecule has 0 heterocycles. The van der Waals surface area contributed by atoms with E-state index in [0.717, 1.165) is 30.2 Å². The number of halogens is 2. The SMILES string of the molecule is CC1(C)CCC(NC(=O)c2cccc(Br)c2Cl)CC1. The fourth-order valence-corrected chi connectivity index (χ4v) is 3.06.